The highest BCUT2D eigenvalue weighted by Crippen LogP contribution is 2.26. The third-order valence-electron chi connectivity index (χ3n) is 3.11. The summed E-state index contributed by atoms with van der Waals surface area (Å²) in [5, 5.41) is 0. The first-order chi connectivity index (χ1) is 8.58. The molecule has 1 heteroatoms. The lowest BCUT2D eigenvalue weighted by Gasteiger charge is -2.09. The molecular weight excluding hydrogens is 223 g/mol. The largest absolute Gasteiger partial charge is 0.206 e. The third-order valence-corrected chi connectivity index (χ3v) is 3.11. The Morgan fingerprint density at radius 3 is 2.22 bits per heavy atom. The van der Waals surface area contributed by atoms with Crippen LogP contribution in [0.2, 0.25) is 0 Å². The van der Waals surface area contributed by atoms with Crippen molar-refractivity contribution in [2.24, 2.45) is 5.92 Å². The topological polar surface area (TPSA) is 0 Å². The van der Waals surface area contributed by atoms with Crippen molar-refractivity contribution < 1.29 is 4.39 Å². The molecule has 0 amide bonds. The summed E-state index contributed by atoms with van der Waals surface area (Å²) in [6, 6.07) is 13.4. The maximum Gasteiger partial charge on any atom is 0.131 e. The minimum absolute atomic E-state index is 0.147. The number of hydrogen-bond donors (Lipinski definition) is 0. The van der Waals surface area contributed by atoms with Gasteiger partial charge in [-0.05, 0) is 42.0 Å². The molecule has 2 aromatic rings. The van der Waals surface area contributed by atoms with Gasteiger partial charge in [0.15, 0.2) is 0 Å². The summed E-state index contributed by atoms with van der Waals surface area (Å²) in [5.41, 5.74) is 3.96. The van der Waals surface area contributed by atoms with Gasteiger partial charge in [0.1, 0.15) is 5.82 Å². The van der Waals surface area contributed by atoms with Crippen molar-refractivity contribution in [1.29, 1.82) is 0 Å². The van der Waals surface area contributed by atoms with E-state index in [2.05, 4.69) is 26.0 Å². The molecule has 0 nitrogen and oxygen atoms in total. The van der Waals surface area contributed by atoms with Gasteiger partial charge in [-0.3, -0.25) is 0 Å². The van der Waals surface area contributed by atoms with Gasteiger partial charge in [-0.15, -0.1) is 0 Å². The van der Waals surface area contributed by atoms with Crippen LogP contribution in [0.15, 0.2) is 42.5 Å². The molecular formula is C17H19F. The lowest BCUT2D eigenvalue weighted by molar-refractivity contribution is 0.630. The zero-order chi connectivity index (χ0) is 13.1. The number of benzene rings is 2. The Bertz CT molecular complexity index is 504. The van der Waals surface area contributed by atoms with Gasteiger partial charge >= 0.3 is 0 Å². The lowest BCUT2D eigenvalue weighted by Crippen LogP contribution is -1.94. The molecule has 0 aliphatic carbocycles. The Morgan fingerprint density at radius 1 is 1.00 bits per heavy atom. The van der Waals surface area contributed by atoms with E-state index >= 15 is 0 Å². The van der Waals surface area contributed by atoms with Crippen LogP contribution in [-0.2, 0) is 6.42 Å². The molecule has 0 atom stereocenters. The predicted octanol–water partition coefficient (Wildman–Crippen LogP) is 5.00. The zero-order valence-electron chi connectivity index (χ0n) is 11.2. The van der Waals surface area contributed by atoms with Crippen molar-refractivity contribution >= 4 is 0 Å². The van der Waals surface area contributed by atoms with Gasteiger partial charge in [-0.1, -0.05) is 50.2 Å². The molecule has 0 saturated carbocycles. The Morgan fingerprint density at radius 2 is 1.67 bits per heavy atom. The van der Waals surface area contributed by atoms with Crippen LogP contribution in [0.25, 0.3) is 11.1 Å². The molecule has 2 rings (SSSR count). The summed E-state index contributed by atoms with van der Waals surface area (Å²) in [7, 11) is 0. The molecule has 2 aromatic carbocycles. The Labute approximate surface area is 108 Å². The molecule has 0 N–H and O–H groups in total. The lowest BCUT2D eigenvalue weighted by atomic mass is 9.96. The molecule has 18 heavy (non-hydrogen) atoms. The molecule has 0 bridgehead atoms. The first kappa shape index (κ1) is 12.8. The van der Waals surface area contributed by atoms with Gasteiger partial charge in [-0.2, -0.15) is 0 Å². The molecule has 0 saturated heterocycles. The number of aryl methyl sites for hydroxylation is 1. The van der Waals surface area contributed by atoms with Crippen molar-refractivity contribution in [3.63, 3.8) is 0 Å². The standard InChI is InChI=1S/C17H19F/c1-12(2)11-14-7-9-15(10-8-14)17-13(3)5-4-6-16(17)18/h4-10,12H,11H2,1-3H3. The SMILES string of the molecule is Cc1cccc(F)c1-c1ccc(CC(C)C)cc1. The summed E-state index contributed by atoms with van der Waals surface area (Å²) >= 11 is 0. The minimum Gasteiger partial charge on any atom is -0.206 e. The van der Waals surface area contributed by atoms with E-state index in [9.17, 15) is 4.39 Å². The van der Waals surface area contributed by atoms with Crippen molar-refractivity contribution in [1.82, 2.24) is 0 Å². The second-order valence-corrected chi connectivity index (χ2v) is 5.23. The molecule has 0 aromatic heterocycles. The maximum absolute atomic E-state index is 13.8. The smallest absolute Gasteiger partial charge is 0.131 e. The number of halogens is 1. The van der Waals surface area contributed by atoms with Crippen LogP contribution >= 0.6 is 0 Å². The average Bonchev–Trinajstić information content (AvgIpc) is 2.30. The van der Waals surface area contributed by atoms with Gasteiger partial charge in [0.25, 0.3) is 0 Å². The van der Waals surface area contributed by atoms with E-state index in [0.717, 1.165) is 17.5 Å². The molecule has 0 heterocycles. The van der Waals surface area contributed by atoms with E-state index in [1.807, 2.05) is 25.1 Å². The maximum atomic E-state index is 13.8. The second kappa shape index (κ2) is 5.34. The van der Waals surface area contributed by atoms with Crippen molar-refractivity contribution in [3.8, 4) is 11.1 Å². The Hall–Kier alpha value is -1.63. The van der Waals surface area contributed by atoms with Gasteiger partial charge in [0.05, 0.1) is 0 Å². The van der Waals surface area contributed by atoms with Gasteiger partial charge in [-0.25, -0.2) is 4.39 Å². The van der Waals surface area contributed by atoms with Gasteiger partial charge in [0, 0.05) is 5.56 Å². The third kappa shape index (κ3) is 2.79. The Kier molecular flexibility index (Phi) is 3.81. The normalized spacial score (nSPS) is 10.9. The quantitative estimate of drug-likeness (QED) is 0.710. The molecule has 0 spiro atoms. The molecule has 0 aliphatic heterocycles. The summed E-state index contributed by atoms with van der Waals surface area (Å²) in [4.78, 5) is 0. The van der Waals surface area contributed by atoms with Crippen LogP contribution in [0.4, 0.5) is 4.39 Å². The van der Waals surface area contributed by atoms with E-state index < -0.39 is 0 Å². The minimum atomic E-state index is -0.147. The van der Waals surface area contributed by atoms with Crippen LogP contribution < -0.4 is 0 Å². The zero-order valence-corrected chi connectivity index (χ0v) is 11.2. The van der Waals surface area contributed by atoms with Gasteiger partial charge in [0.2, 0.25) is 0 Å². The first-order valence-electron chi connectivity index (χ1n) is 6.42. The molecule has 0 fully saturated rings. The fraction of sp³-hybridized carbons (Fsp3) is 0.294. The molecule has 0 unspecified atom stereocenters. The van der Waals surface area contributed by atoms with Crippen LogP contribution in [0.1, 0.15) is 25.0 Å². The first-order valence-corrected chi connectivity index (χ1v) is 6.42. The fourth-order valence-corrected chi connectivity index (χ4v) is 2.28. The van der Waals surface area contributed by atoms with Crippen molar-refractivity contribution in [3.05, 3.63) is 59.4 Å². The fourth-order valence-electron chi connectivity index (χ4n) is 2.28. The monoisotopic (exact) mass is 242 g/mol. The molecule has 0 radical (unpaired) electrons. The predicted molar refractivity (Wildman–Crippen MR) is 75.1 cm³/mol. The van der Waals surface area contributed by atoms with E-state index in [4.69, 9.17) is 0 Å². The van der Waals surface area contributed by atoms with Crippen molar-refractivity contribution in [2.75, 3.05) is 0 Å². The summed E-state index contributed by atoms with van der Waals surface area (Å²) in [6.07, 6.45) is 1.07. The van der Waals surface area contributed by atoms with E-state index in [0.29, 0.717) is 11.5 Å². The van der Waals surface area contributed by atoms with Crippen LogP contribution in [-0.4, -0.2) is 0 Å². The summed E-state index contributed by atoms with van der Waals surface area (Å²) in [6.45, 7) is 6.35. The van der Waals surface area contributed by atoms with Crippen LogP contribution in [0, 0.1) is 18.7 Å². The highest BCUT2D eigenvalue weighted by atomic mass is 19.1. The Balaban J connectivity index is 2.35. The van der Waals surface area contributed by atoms with Crippen molar-refractivity contribution in [2.45, 2.75) is 27.2 Å². The van der Waals surface area contributed by atoms with E-state index in [1.165, 1.54) is 11.6 Å². The van der Waals surface area contributed by atoms with E-state index in [-0.39, 0.29) is 5.82 Å². The highest BCUT2D eigenvalue weighted by molar-refractivity contribution is 5.68. The second-order valence-electron chi connectivity index (χ2n) is 5.23. The van der Waals surface area contributed by atoms with E-state index in [1.54, 1.807) is 6.07 Å². The molecule has 94 valence electrons. The highest BCUT2D eigenvalue weighted by Gasteiger charge is 2.07. The average molecular weight is 242 g/mol. The summed E-state index contributed by atoms with van der Waals surface area (Å²) < 4.78 is 13.8. The molecule has 0 aliphatic rings. The number of hydrogen-bond acceptors (Lipinski definition) is 0. The number of rotatable bonds is 3. The van der Waals surface area contributed by atoms with Crippen LogP contribution in [0.5, 0.6) is 0 Å². The van der Waals surface area contributed by atoms with Gasteiger partial charge < -0.3 is 0 Å². The summed E-state index contributed by atoms with van der Waals surface area (Å²) in [5.74, 6) is 0.498. The van der Waals surface area contributed by atoms with Crippen LogP contribution in [0.3, 0.4) is 0 Å².